The van der Waals surface area contributed by atoms with Gasteiger partial charge in [-0.25, -0.2) is 4.79 Å². The van der Waals surface area contributed by atoms with Crippen molar-refractivity contribution in [2.45, 2.75) is 38.2 Å². The Bertz CT molecular complexity index is 283. The predicted molar refractivity (Wildman–Crippen MR) is 66.4 cm³/mol. The fourth-order valence-electron chi connectivity index (χ4n) is 2.27. The number of aliphatic carboxylic acids is 1. The summed E-state index contributed by atoms with van der Waals surface area (Å²) in [5.74, 6) is -0.453. The third kappa shape index (κ3) is 5.35. The van der Waals surface area contributed by atoms with Crippen molar-refractivity contribution in [1.29, 1.82) is 0 Å². The molecular formula is C12H22N2O4. The number of carbonyl (C=O) groups excluding carboxylic acids is 1. The fourth-order valence-corrected chi connectivity index (χ4v) is 2.27. The van der Waals surface area contributed by atoms with Gasteiger partial charge in [0.15, 0.2) is 0 Å². The summed E-state index contributed by atoms with van der Waals surface area (Å²) in [6.07, 6.45) is 4.06. The molecule has 0 saturated heterocycles. The first-order chi connectivity index (χ1) is 8.63. The molecule has 104 valence electrons. The minimum atomic E-state index is -0.842. The Kier molecular flexibility index (Phi) is 6.49. The van der Waals surface area contributed by atoms with Gasteiger partial charge in [0.05, 0.1) is 6.10 Å². The minimum absolute atomic E-state index is 0.0780. The maximum Gasteiger partial charge on any atom is 0.314 e. The summed E-state index contributed by atoms with van der Waals surface area (Å²) in [7, 11) is 1.70. The first-order valence-corrected chi connectivity index (χ1v) is 6.39. The zero-order chi connectivity index (χ0) is 13.4. The molecule has 0 aromatic rings. The van der Waals surface area contributed by atoms with E-state index in [0.717, 1.165) is 19.3 Å². The SMILES string of the molecule is COC1CCCC1CNC(=O)NCCCC(=O)O. The molecule has 2 atom stereocenters. The Morgan fingerprint density at radius 1 is 1.33 bits per heavy atom. The topological polar surface area (TPSA) is 87.7 Å². The molecule has 0 aliphatic heterocycles. The Morgan fingerprint density at radius 2 is 2.11 bits per heavy atom. The summed E-state index contributed by atoms with van der Waals surface area (Å²) < 4.78 is 5.34. The second-order valence-corrected chi connectivity index (χ2v) is 4.60. The van der Waals surface area contributed by atoms with Crippen LogP contribution in [0, 0.1) is 5.92 Å². The van der Waals surface area contributed by atoms with Crippen molar-refractivity contribution < 1.29 is 19.4 Å². The first kappa shape index (κ1) is 14.8. The fraction of sp³-hybridized carbons (Fsp3) is 0.833. The van der Waals surface area contributed by atoms with Crippen LogP contribution in [0.4, 0.5) is 4.79 Å². The number of carboxylic acid groups (broad SMARTS) is 1. The highest BCUT2D eigenvalue weighted by molar-refractivity contribution is 5.73. The van der Waals surface area contributed by atoms with E-state index in [4.69, 9.17) is 9.84 Å². The molecule has 0 spiro atoms. The molecule has 18 heavy (non-hydrogen) atoms. The van der Waals surface area contributed by atoms with Gasteiger partial charge in [0.25, 0.3) is 0 Å². The maximum absolute atomic E-state index is 11.4. The monoisotopic (exact) mass is 258 g/mol. The molecule has 1 aliphatic rings. The van der Waals surface area contributed by atoms with Crippen LogP contribution in [0.3, 0.4) is 0 Å². The highest BCUT2D eigenvalue weighted by Crippen LogP contribution is 2.26. The number of amides is 2. The lowest BCUT2D eigenvalue weighted by Gasteiger charge is -2.18. The van der Waals surface area contributed by atoms with Crippen LogP contribution >= 0.6 is 0 Å². The highest BCUT2D eigenvalue weighted by atomic mass is 16.5. The Balaban J connectivity index is 2.07. The minimum Gasteiger partial charge on any atom is -0.481 e. The molecule has 0 aromatic carbocycles. The third-order valence-corrected chi connectivity index (χ3v) is 3.27. The van der Waals surface area contributed by atoms with E-state index < -0.39 is 5.97 Å². The predicted octanol–water partition coefficient (Wildman–Crippen LogP) is 0.965. The van der Waals surface area contributed by atoms with Gasteiger partial charge in [0, 0.05) is 32.5 Å². The van der Waals surface area contributed by atoms with Gasteiger partial charge in [-0.3, -0.25) is 4.79 Å². The molecule has 0 aromatic heterocycles. The number of ether oxygens (including phenoxy) is 1. The quantitative estimate of drug-likeness (QED) is 0.594. The second kappa shape index (κ2) is 7.92. The largest absolute Gasteiger partial charge is 0.481 e. The highest BCUT2D eigenvalue weighted by Gasteiger charge is 2.27. The average molecular weight is 258 g/mol. The molecule has 1 saturated carbocycles. The van der Waals surface area contributed by atoms with Crippen molar-refractivity contribution in [2.24, 2.45) is 5.92 Å². The second-order valence-electron chi connectivity index (χ2n) is 4.60. The van der Waals surface area contributed by atoms with Crippen molar-refractivity contribution in [3.8, 4) is 0 Å². The van der Waals surface area contributed by atoms with Crippen LogP contribution in [-0.2, 0) is 9.53 Å². The summed E-state index contributed by atoms with van der Waals surface area (Å²) >= 11 is 0. The lowest BCUT2D eigenvalue weighted by atomic mass is 10.1. The zero-order valence-electron chi connectivity index (χ0n) is 10.8. The normalized spacial score (nSPS) is 22.7. The summed E-state index contributed by atoms with van der Waals surface area (Å²) in [6.45, 7) is 1.000. The summed E-state index contributed by atoms with van der Waals surface area (Å²) in [6, 6.07) is -0.234. The number of carbonyl (C=O) groups is 2. The maximum atomic E-state index is 11.4. The van der Waals surface area contributed by atoms with Crippen LogP contribution in [0.5, 0.6) is 0 Å². The first-order valence-electron chi connectivity index (χ1n) is 6.39. The van der Waals surface area contributed by atoms with Crippen molar-refractivity contribution in [2.75, 3.05) is 20.2 Å². The van der Waals surface area contributed by atoms with Gasteiger partial charge < -0.3 is 20.5 Å². The van der Waals surface area contributed by atoms with E-state index in [1.807, 2.05) is 0 Å². The van der Waals surface area contributed by atoms with Crippen LogP contribution < -0.4 is 10.6 Å². The van der Waals surface area contributed by atoms with Crippen molar-refractivity contribution in [3.63, 3.8) is 0 Å². The molecule has 1 aliphatic carbocycles. The van der Waals surface area contributed by atoms with Gasteiger partial charge in [-0.1, -0.05) is 6.42 Å². The molecule has 1 rings (SSSR count). The molecule has 6 nitrogen and oxygen atoms in total. The van der Waals surface area contributed by atoms with Crippen LogP contribution in [0.15, 0.2) is 0 Å². The molecule has 3 N–H and O–H groups in total. The Hall–Kier alpha value is -1.30. The van der Waals surface area contributed by atoms with Crippen LogP contribution in [-0.4, -0.2) is 43.4 Å². The average Bonchev–Trinajstić information content (AvgIpc) is 2.79. The lowest BCUT2D eigenvalue weighted by molar-refractivity contribution is -0.137. The molecule has 0 radical (unpaired) electrons. The lowest BCUT2D eigenvalue weighted by Crippen LogP contribution is -2.40. The molecule has 0 heterocycles. The summed E-state index contributed by atoms with van der Waals surface area (Å²) in [5.41, 5.74) is 0. The van der Waals surface area contributed by atoms with E-state index in [0.29, 0.717) is 25.4 Å². The number of rotatable bonds is 7. The van der Waals surface area contributed by atoms with Gasteiger partial charge in [0.1, 0.15) is 0 Å². The smallest absolute Gasteiger partial charge is 0.314 e. The van der Waals surface area contributed by atoms with E-state index in [1.165, 1.54) is 0 Å². The molecule has 2 amide bonds. The van der Waals surface area contributed by atoms with Gasteiger partial charge >= 0.3 is 12.0 Å². The van der Waals surface area contributed by atoms with Gasteiger partial charge in [-0.2, -0.15) is 0 Å². The van der Waals surface area contributed by atoms with E-state index >= 15 is 0 Å². The summed E-state index contributed by atoms with van der Waals surface area (Å²) in [4.78, 5) is 21.7. The molecule has 1 fully saturated rings. The number of hydrogen-bond donors (Lipinski definition) is 3. The standard InChI is InChI=1S/C12H22N2O4/c1-18-10-5-2-4-9(10)8-14-12(17)13-7-3-6-11(15)16/h9-10H,2-8H2,1H3,(H,15,16)(H2,13,14,17). The molecule has 0 bridgehead atoms. The van der Waals surface area contributed by atoms with E-state index in [-0.39, 0.29) is 18.6 Å². The number of methoxy groups -OCH3 is 1. The Morgan fingerprint density at radius 3 is 2.78 bits per heavy atom. The molecular weight excluding hydrogens is 236 g/mol. The number of hydrogen-bond acceptors (Lipinski definition) is 3. The van der Waals surface area contributed by atoms with E-state index in [9.17, 15) is 9.59 Å². The van der Waals surface area contributed by atoms with E-state index in [2.05, 4.69) is 10.6 Å². The number of nitrogens with one attached hydrogen (secondary N) is 2. The van der Waals surface area contributed by atoms with Gasteiger partial charge in [-0.15, -0.1) is 0 Å². The van der Waals surface area contributed by atoms with Crippen LogP contribution in [0.2, 0.25) is 0 Å². The summed E-state index contributed by atoms with van der Waals surface area (Å²) in [5, 5.41) is 13.9. The van der Waals surface area contributed by atoms with Crippen molar-refractivity contribution in [1.82, 2.24) is 10.6 Å². The number of carboxylic acids is 1. The van der Waals surface area contributed by atoms with Gasteiger partial charge in [0.2, 0.25) is 0 Å². The molecule has 2 unspecified atom stereocenters. The van der Waals surface area contributed by atoms with E-state index in [1.54, 1.807) is 7.11 Å². The van der Waals surface area contributed by atoms with Gasteiger partial charge in [-0.05, 0) is 19.3 Å². The van der Waals surface area contributed by atoms with Crippen LogP contribution in [0.1, 0.15) is 32.1 Å². The van der Waals surface area contributed by atoms with Crippen molar-refractivity contribution >= 4 is 12.0 Å². The van der Waals surface area contributed by atoms with Crippen molar-refractivity contribution in [3.05, 3.63) is 0 Å². The third-order valence-electron chi connectivity index (χ3n) is 3.27. The van der Waals surface area contributed by atoms with Crippen LogP contribution in [0.25, 0.3) is 0 Å². The zero-order valence-corrected chi connectivity index (χ0v) is 10.8. The number of urea groups is 1. The Labute approximate surface area is 107 Å². The molecule has 6 heteroatoms.